The van der Waals surface area contributed by atoms with E-state index in [2.05, 4.69) is 25.5 Å². The van der Waals surface area contributed by atoms with Crippen LogP contribution in [0.4, 0.5) is 10.2 Å². The van der Waals surface area contributed by atoms with E-state index in [0.29, 0.717) is 17.2 Å². The average molecular weight is 351 g/mol. The van der Waals surface area contributed by atoms with E-state index in [9.17, 15) is 9.18 Å². The van der Waals surface area contributed by atoms with E-state index in [-0.39, 0.29) is 18.2 Å². The number of hydrogen-bond donors (Lipinski definition) is 1. The Morgan fingerprint density at radius 1 is 1.23 bits per heavy atom. The van der Waals surface area contributed by atoms with E-state index < -0.39 is 5.91 Å². The Kier molecular flexibility index (Phi) is 3.88. The van der Waals surface area contributed by atoms with E-state index >= 15 is 0 Å². The van der Waals surface area contributed by atoms with Crippen molar-refractivity contribution in [3.63, 3.8) is 0 Å². The molecule has 0 aliphatic carbocycles. The van der Waals surface area contributed by atoms with Gasteiger partial charge in [0.1, 0.15) is 5.82 Å². The highest BCUT2D eigenvalue weighted by Gasteiger charge is 2.16. The second-order valence-corrected chi connectivity index (χ2v) is 5.67. The monoisotopic (exact) mass is 351 g/mol. The van der Waals surface area contributed by atoms with Crippen molar-refractivity contribution in [3.05, 3.63) is 71.7 Å². The van der Waals surface area contributed by atoms with Crippen molar-refractivity contribution in [1.29, 1.82) is 0 Å². The highest BCUT2D eigenvalue weighted by Crippen LogP contribution is 2.14. The number of nitrogens with zero attached hydrogens (tertiary/aromatic N) is 6. The topological polar surface area (TPSA) is 90.0 Å². The molecule has 4 rings (SSSR count). The lowest BCUT2D eigenvalue weighted by atomic mass is 10.2. The maximum Gasteiger partial charge on any atom is 0.296 e. The predicted molar refractivity (Wildman–Crippen MR) is 91.2 cm³/mol. The molecule has 0 atom stereocenters. The Bertz CT molecular complexity index is 1070. The number of halogens is 1. The van der Waals surface area contributed by atoms with Crippen LogP contribution in [-0.2, 0) is 6.54 Å². The maximum absolute atomic E-state index is 13.8. The third kappa shape index (κ3) is 3.02. The standard InChI is InChI=1S/C17H14FN7O/c1-11-9-14(22-25(11)10-12-5-2-3-6-13(12)18)20-16(26)15-21-17-19-7-4-8-24(17)23-15/h2-9H,10H2,1H3,(H,20,22,26). The molecule has 4 aromatic rings. The Morgan fingerprint density at radius 2 is 2.08 bits per heavy atom. The molecule has 0 bridgehead atoms. The molecule has 0 saturated heterocycles. The smallest absolute Gasteiger partial charge is 0.296 e. The molecule has 0 saturated carbocycles. The summed E-state index contributed by atoms with van der Waals surface area (Å²) in [7, 11) is 0. The van der Waals surface area contributed by atoms with Crippen LogP contribution < -0.4 is 5.32 Å². The first-order chi connectivity index (χ1) is 12.6. The number of rotatable bonds is 4. The summed E-state index contributed by atoms with van der Waals surface area (Å²) in [6.45, 7) is 2.10. The van der Waals surface area contributed by atoms with Gasteiger partial charge in [0.2, 0.25) is 5.82 Å². The number of hydrogen-bond acceptors (Lipinski definition) is 5. The van der Waals surface area contributed by atoms with Gasteiger partial charge in [0, 0.05) is 29.7 Å². The molecule has 1 N–H and O–H groups in total. The molecule has 3 heterocycles. The molecule has 0 spiro atoms. The molecule has 0 aliphatic rings. The molecule has 130 valence electrons. The fourth-order valence-electron chi connectivity index (χ4n) is 2.52. The lowest BCUT2D eigenvalue weighted by molar-refractivity contribution is 0.101. The fourth-order valence-corrected chi connectivity index (χ4v) is 2.52. The summed E-state index contributed by atoms with van der Waals surface area (Å²) in [5.74, 6) is -0.125. The van der Waals surface area contributed by atoms with Gasteiger partial charge < -0.3 is 5.32 Å². The van der Waals surface area contributed by atoms with E-state index in [1.165, 1.54) is 10.6 Å². The van der Waals surface area contributed by atoms with Gasteiger partial charge in [0.05, 0.1) is 6.54 Å². The number of anilines is 1. The molecular formula is C17H14FN7O. The first-order valence-corrected chi connectivity index (χ1v) is 7.87. The van der Waals surface area contributed by atoms with Crippen molar-refractivity contribution in [2.75, 3.05) is 5.32 Å². The third-order valence-electron chi connectivity index (χ3n) is 3.82. The second kappa shape index (κ2) is 6.36. The van der Waals surface area contributed by atoms with Crippen LogP contribution in [0.5, 0.6) is 0 Å². The summed E-state index contributed by atoms with van der Waals surface area (Å²) in [5, 5.41) is 11.0. The SMILES string of the molecule is Cc1cc(NC(=O)c2nc3ncccn3n2)nn1Cc1ccccc1F. The third-order valence-corrected chi connectivity index (χ3v) is 3.82. The number of carbonyl (C=O) groups is 1. The summed E-state index contributed by atoms with van der Waals surface area (Å²) < 4.78 is 16.8. The van der Waals surface area contributed by atoms with Gasteiger partial charge in [-0.3, -0.25) is 9.48 Å². The zero-order chi connectivity index (χ0) is 18.1. The summed E-state index contributed by atoms with van der Waals surface area (Å²) in [6, 6.07) is 9.90. The normalized spacial score (nSPS) is 11.0. The Labute approximate surface area is 147 Å². The van der Waals surface area contributed by atoms with E-state index in [1.807, 2.05) is 6.92 Å². The van der Waals surface area contributed by atoms with Gasteiger partial charge in [-0.1, -0.05) is 18.2 Å². The highest BCUT2D eigenvalue weighted by molar-refractivity contribution is 6.01. The zero-order valence-corrected chi connectivity index (χ0v) is 13.8. The number of aryl methyl sites for hydroxylation is 1. The molecule has 0 unspecified atom stereocenters. The molecule has 1 amide bonds. The highest BCUT2D eigenvalue weighted by atomic mass is 19.1. The Balaban J connectivity index is 1.53. The van der Waals surface area contributed by atoms with Gasteiger partial charge in [-0.15, -0.1) is 5.10 Å². The number of nitrogens with one attached hydrogen (secondary N) is 1. The van der Waals surface area contributed by atoms with Crippen LogP contribution in [0.15, 0.2) is 48.8 Å². The molecule has 0 aliphatic heterocycles. The largest absolute Gasteiger partial charge is 0.302 e. The fraction of sp³-hybridized carbons (Fsp3) is 0.118. The lowest BCUT2D eigenvalue weighted by Gasteiger charge is -2.05. The molecule has 9 heteroatoms. The van der Waals surface area contributed by atoms with Gasteiger partial charge in [-0.2, -0.15) is 10.1 Å². The predicted octanol–water partition coefficient (Wildman–Crippen LogP) is 2.07. The summed E-state index contributed by atoms with van der Waals surface area (Å²) >= 11 is 0. The first kappa shape index (κ1) is 15.9. The van der Waals surface area contributed by atoms with Crippen molar-refractivity contribution in [3.8, 4) is 0 Å². The maximum atomic E-state index is 13.8. The molecule has 26 heavy (non-hydrogen) atoms. The van der Waals surface area contributed by atoms with Gasteiger partial charge in [0.15, 0.2) is 5.82 Å². The van der Waals surface area contributed by atoms with E-state index in [0.717, 1.165) is 5.69 Å². The summed E-state index contributed by atoms with van der Waals surface area (Å²) in [5.41, 5.74) is 1.30. The van der Waals surface area contributed by atoms with Crippen molar-refractivity contribution >= 4 is 17.5 Å². The van der Waals surface area contributed by atoms with Crippen molar-refractivity contribution in [1.82, 2.24) is 29.4 Å². The minimum atomic E-state index is -0.494. The molecular weight excluding hydrogens is 337 g/mol. The van der Waals surface area contributed by atoms with Crippen LogP contribution in [0.3, 0.4) is 0 Å². The van der Waals surface area contributed by atoms with Crippen LogP contribution in [0.2, 0.25) is 0 Å². The van der Waals surface area contributed by atoms with Gasteiger partial charge in [-0.05, 0) is 19.1 Å². The lowest BCUT2D eigenvalue weighted by Crippen LogP contribution is -2.15. The van der Waals surface area contributed by atoms with Crippen molar-refractivity contribution in [2.24, 2.45) is 0 Å². The summed E-state index contributed by atoms with van der Waals surface area (Å²) in [4.78, 5) is 20.4. The number of aromatic nitrogens is 6. The van der Waals surface area contributed by atoms with Gasteiger partial charge in [-0.25, -0.2) is 13.9 Å². The minimum absolute atomic E-state index is 0.00925. The molecule has 8 nitrogen and oxygen atoms in total. The van der Waals surface area contributed by atoms with Gasteiger partial charge >= 0.3 is 0 Å². The molecule has 1 aromatic carbocycles. The number of carbonyl (C=O) groups excluding carboxylic acids is 1. The van der Waals surface area contributed by atoms with Crippen molar-refractivity contribution < 1.29 is 9.18 Å². The first-order valence-electron chi connectivity index (χ1n) is 7.87. The zero-order valence-electron chi connectivity index (χ0n) is 13.8. The van der Waals surface area contributed by atoms with Gasteiger partial charge in [0.25, 0.3) is 11.7 Å². The number of amides is 1. The second-order valence-electron chi connectivity index (χ2n) is 5.67. The minimum Gasteiger partial charge on any atom is -0.302 e. The van der Waals surface area contributed by atoms with Crippen LogP contribution in [-0.4, -0.2) is 35.3 Å². The molecule has 0 radical (unpaired) electrons. The van der Waals surface area contributed by atoms with Crippen LogP contribution in [0.25, 0.3) is 5.78 Å². The molecule has 0 fully saturated rings. The number of benzene rings is 1. The van der Waals surface area contributed by atoms with Crippen LogP contribution >= 0.6 is 0 Å². The summed E-state index contributed by atoms with van der Waals surface area (Å²) in [6.07, 6.45) is 3.22. The molecule has 3 aromatic heterocycles. The van der Waals surface area contributed by atoms with E-state index in [1.54, 1.807) is 47.4 Å². The Hall–Kier alpha value is -3.62. The average Bonchev–Trinajstić information content (AvgIpc) is 3.20. The quantitative estimate of drug-likeness (QED) is 0.608. The van der Waals surface area contributed by atoms with Crippen molar-refractivity contribution in [2.45, 2.75) is 13.5 Å². The van der Waals surface area contributed by atoms with E-state index in [4.69, 9.17) is 0 Å². The van der Waals surface area contributed by atoms with Crippen LogP contribution in [0, 0.1) is 12.7 Å². The Morgan fingerprint density at radius 3 is 2.88 bits per heavy atom. The van der Waals surface area contributed by atoms with Crippen LogP contribution in [0.1, 0.15) is 21.9 Å². The number of fused-ring (bicyclic) bond motifs is 1.